The zero-order valence-corrected chi connectivity index (χ0v) is 23.9. The van der Waals surface area contributed by atoms with Crippen molar-refractivity contribution in [3.8, 4) is 0 Å². The lowest BCUT2D eigenvalue weighted by molar-refractivity contribution is -0.144. The second-order valence-corrected chi connectivity index (χ2v) is 11.9. The van der Waals surface area contributed by atoms with Crippen molar-refractivity contribution in [2.45, 2.75) is 130 Å². The van der Waals surface area contributed by atoms with Gasteiger partial charge in [0.15, 0.2) is 0 Å². The van der Waals surface area contributed by atoms with Crippen LogP contribution in [0.3, 0.4) is 0 Å². The SMILES string of the molecule is CCCCCCCCCCCCCCC(/C=C(\C)CCC=C(C)C)OC(=O)CSSCC(=O)O. The summed E-state index contributed by atoms with van der Waals surface area (Å²) in [5.41, 5.74) is 2.57. The molecule has 0 fully saturated rings. The molecule has 0 aliphatic carbocycles. The van der Waals surface area contributed by atoms with Crippen molar-refractivity contribution in [2.24, 2.45) is 0 Å². The smallest absolute Gasteiger partial charge is 0.317 e. The van der Waals surface area contributed by atoms with Gasteiger partial charge in [0.1, 0.15) is 17.6 Å². The van der Waals surface area contributed by atoms with Crippen LogP contribution in [0.5, 0.6) is 0 Å². The summed E-state index contributed by atoms with van der Waals surface area (Å²) in [5, 5.41) is 8.71. The Morgan fingerprint density at radius 3 is 1.88 bits per heavy atom. The normalized spacial score (nSPS) is 12.4. The number of allylic oxidation sites excluding steroid dienone is 3. The predicted molar refractivity (Wildman–Crippen MR) is 151 cm³/mol. The van der Waals surface area contributed by atoms with E-state index in [1.807, 2.05) is 0 Å². The van der Waals surface area contributed by atoms with E-state index in [1.54, 1.807) is 0 Å². The first-order chi connectivity index (χ1) is 16.3. The summed E-state index contributed by atoms with van der Waals surface area (Å²) >= 11 is 0. The molecule has 34 heavy (non-hydrogen) atoms. The van der Waals surface area contributed by atoms with Crippen LogP contribution in [-0.4, -0.2) is 34.7 Å². The van der Waals surface area contributed by atoms with E-state index in [4.69, 9.17) is 9.84 Å². The summed E-state index contributed by atoms with van der Waals surface area (Å²) in [5.74, 6) is -0.966. The molecule has 0 aromatic rings. The third kappa shape index (κ3) is 24.3. The molecule has 1 atom stereocenters. The maximum atomic E-state index is 12.3. The number of rotatable bonds is 23. The first-order valence-corrected chi connectivity index (χ1v) is 15.8. The van der Waals surface area contributed by atoms with Gasteiger partial charge in [-0.25, -0.2) is 0 Å². The molecule has 0 amide bonds. The standard InChI is InChI=1S/C28H50O4S2/c1-5-6-7-8-9-10-11-12-13-14-15-16-20-26(21-25(4)19-17-18-24(2)3)32-28(31)23-34-33-22-27(29)30/h18,21,26H,5-17,19-20,22-23H2,1-4H3,(H,29,30)/b25-21+. The van der Waals surface area contributed by atoms with Gasteiger partial charge in [-0.1, -0.05) is 116 Å². The molecular weight excluding hydrogens is 464 g/mol. The van der Waals surface area contributed by atoms with Crippen LogP contribution in [0.15, 0.2) is 23.3 Å². The van der Waals surface area contributed by atoms with Crippen LogP contribution in [0.25, 0.3) is 0 Å². The van der Waals surface area contributed by atoms with Gasteiger partial charge < -0.3 is 9.84 Å². The molecule has 0 saturated carbocycles. The Balaban J connectivity index is 4.27. The number of hydrogen-bond donors (Lipinski definition) is 1. The summed E-state index contributed by atoms with van der Waals surface area (Å²) in [6.07, 6.45) is 22.7. The highest BCUT2D eigenvalue weighted by molar-refractivity contribution is 8.77. The summed E-state index contributed by atoms with van der Waals surface area (Å²) in [6, 6.07) is 0. The summed E-state index contributed by atoms with van der Waals surface area (Å²) in [4.78, 5) is 22.9. The van der Waals surface area contributed by atoms with Crippen LogP contribution < -0.4 is 0 Å². The lowest BCUT2D eigenvalue weighted by Gasteiger charge is -2.16. The molecule has 198 valence electrons. The van der Waals surface area contributed by atoms with Crippen LogP contribution in [0.2, 0.25) is 0 Å². The van der Waals surface area contributed by atoms with Crippen LogP contribution in [-0.2, 0) is 14.3 Å². The minimum atomic E-state index is -0.870. The highest BCUT2D eigenvalue weighted by atomic mass is 33.1. The molecule has 0 rings (SSSR count). The van der Waals surface area contributed by atoms with Gasteiger partial charge in [0.2, 0.25) is 0 Å². The monoisotopic (exact) mass is 514 g/mol. The predicted octanol–water partition coefficient (Wildman–Crippen LogP) is 9.15. The topological polar surface area (TPSA) is 63.6 Å². The van der Waals surface area contributed by atoms with E-state index in [9.17, 15) is 9.59 Å². The number of carbonyl (C=O) groups is 2. The fraction of sp³-hybridized carbons (Fsp3) is 0.786. The molecule has 0 saturated heterocycles. The van der Waals surface area contributed by atoms with E-state index in [2.05, 4.69) is 39.8 Å². The fourth-order valence-electron chi connectivity index (χ4n) is 3.74. The number of carbonyl (C=O) groups excluding carboxylic acids is 1. The van der Waals surface area contributed by atoms with Crippen molar-refractivity contribution < 1.29 is 19.4 Å². The van der Waals surface area contributed by atoms with Crippen LogP contribution in [0.4, 0.5) is 0 Å². The third-order valence-corrected chi connectivity index (χ3v) is 7.72. The van der Waals surface area contributed by atoms with Crippen molar-refractivity contribution in [3.63, 3.8) is 0 Å². The molecule has 1 N–H and O–H groups in total. The molecule has 4 nitrogen and oxygen atoms in total. The Bertz CT molecular complexity index is 583. The zero-order valence-electron chi connectivity index (χ0n) is 22.2. The van der Waals surface area contributed by atoms with E-state index < -0.39 is 5.97 Å². The lowest BCUT2D eigenvalue weighted by Crippen LogP contribution is -2.18. The van der Waals surface area contributed by atoms with Crippen LogP contribution >= 0.6 is 21.6 Å². The van der Waals surface area contributed by atoms with E-state index in [0.717, 1.165) is 25.7 Å². The largest absolute Gasteiger partial charge is 0.481 e. The number of aliphatic carboxylic acids is 1. The Morgan fingerprint density at radius 2 is 1.35 bits per heavy atom. The molecule has 0 aliphatic heterocycles. The molecule has 0 aromatic carbocycles. The Morgan fingerprint density at radius 1 is 0.824 bits per heavy atom. The molecular formula is C28H50O4S2. The van der Waals surface area contributed by atoms with Gasteiger partial charge >= 0.3 is 11.9 Å². The van der Waals surface area contributed by atoms with Crippen molar-refractivity contribution in [2.75, 3.05) is 11.5 Å². The molecule has 6 heteroatoms. The van der Waals surface area contributed by atoms with Crippen molar-refractivity contribution >= 4 is 33.5 Å². The maximum absolute atomic E-state index is 12.3. The second-order valence-electron chi connectivity index (χ2n) is 9.46. The van der Waals surface area contributed by atoms with Gasteiger partial charge in [-0.3, -0.25) is 9.59 Å². The van der Waals surface area contributed by atoms with Gasteiger partial charge in [-0.15, -0.1) is 0 Å². The number of carboxylic acids is 1. The number of esters is 1. The average molecular weight is 515 g/mol. The number of ether oxygens (including phenoxy) is 1. The van der Waals surface area contributed by atoms with E-state index >= 15 is 0 Å². The maximum Gasteiger partial charge on any atom is 0.317 e. The fourth-order valence-corrected chi connectivity index (χ4v) is 5.26. The van der Waals surface area contributed by atoms with Crippen molar-refractivity contribution in [1.82, 2.24) is 0 Å². The molecule has 0 bridgehead atoms. The Kier molecular flexibility index (Phi) is 23.2. The average Bonchev–Trinajstić information content (AvgIpc) is 2.77. The third-order valence-electron chi connectivity index (χ3n) is 5.63. The lowest BCUT2D eigenvalue weighted by atomic mass is 10.0. The van der Waals surface area contributed by atoms with Gasteiger partial charge in [0, 0.05) is 0 Å². The molecule has 0 spiro atoms. The molecule has 0 aliphatic rings. The Labute approximate surface area is 217 Å². The number of carboxylic acid groups (broad SMARTS) is 1. The van der Waals surface area contributed by atoms with Gasteiger partial charge in [0.25, 0.3) is 0 Å². The van der Waals surface area contributed by atoms with Gasteiger partial charge in [0.05, 0.1) is 0 Å². The van der Waals surface area contributed by atoms with Crippen LogP contribution in [0.1, 0.15) is 124 Å². The summed E-state index contributed by atoms with van der Waals surface area (Å²) < 4.78 is 5.74. The molecule has 1 unspecified atom stereocenters. The Hall–Kier alpha value is -0.880. The molecule has 0 heterocycles. The summed E-state index contributed by atoms with van der Waals surface area (Å²) in [6.45, 7) is 8.59. The van der Waals surface area contributed by atoms with Gasteiger partial charge in [-0.2, -0.15) is 0 Å². The van der Waals surface area contributed by atoms with Crippen molar-refractivity contribution in [1.29, 1.82) is 0 Å². The minimum Gasteiger partial charge on any atom is -0.481 e. The first-order valence-electron chi connectivity index (χ1n) is 13.3. The quantitative estimate of drug-likeness (QED) is 0.0634. The highest BCUT2D eigenvalue weighted by Gasteiger charge is 2.13. The molecule has 0 aromatic heterocycles. The molecule has 0 radical (unpaired) electrons. The van der Waals surface area contributed by atoms with E-state index in [-0.39, 0.29) is 23.6 Å². The van der Waals surface area contributed by atoms with E-state index in [0.29, 0.717) is 0 Å². The number of hydrogen-bond acceptors (Lipinski definition) is 5. The zero-order chi connectivity index (χ0) is 25.4. The highest BCUT2D eigenvalue weighted by Crippen LogP contribution is 2.22. The second kappa shape index (κ2) is 23.8. The summed E-state index contributed by atoms with van der Waals surface area (Å²) in [7, 11) is 2.42. The minimum absolute atomic E-state index is 0.0103. The number of unbranched alkanes of at least 4 members (excludes halogenated alkanes) is 11. The van der Waals surface area contributed by atoms with Crippen LogP contribution in [0, 0.1) is 0 Å². The van der Waals surface area contributed by atoms with Gasteiger partial charge in [-0.05, 0) is 52.5 Å². The van der Waals surface area contributed by atoms with Crippen molar-refractivity contribution in [3.05, 3.63) is 23.3 Å². The first kappa shape index (κ1) is 33.1. The van der Waals surface area contributed by atoms with E-state index in [1.165, 1.54) is 103 Å².